The fourth-order valence-electron chi connectivity index (χ4n) is 2.91. The molecule has 1 N–H and O–H groups in total. The number of benzene rings is 3. The van der Waals surface area contributed by atoms with E-state index in [-0.39, 0.29) is 10.6 Å². The number of amides is 1. The number of hydrogen-bond acceptors (Lipinski definition) is 4. The number of anilines is 1. The molecule has 168 valence electrons. The molecule has 0 bridgehead atoms. The first kappa shape index (κ1) is 24.1. The quantitative estimate of drug-likeness (QED) is 0.416. The van der Waals surface area contributed by atoms with Gasteiger partial charge in [0.25, 0.3) is 10.0 Å². The monoisotopic (exact) mass is 492 g/mol. The maximum absolute atomic E-state index is 13.4. The number of nitrogens with zero attached hydrogens (tertiary/aromatic N) is 1. The Kier molecular flexibility index (Phi) is 8.55. The molecule has 3 aromatic rings. The van der Waals surface area contributed by atoms with E-state index in [1.165, 1.54) is 24.3 Å². The Labute approximate surface area is 196 Å². The lowest BCUT2D eigenvalue weighted by Gasteiger charge is -2.24. The zero-order valence-corrected chi connectivity index (χ0v) is 19.5. The van der Waals surface area contributed by atoms with E-state index in [4.69, 9.17) is 11.6 Å². The fraction of sp³-hybridized carbons (Fsp3) is 0.174. The van der Waals surface area contributed by atoms with Crippen molar-refractivity contribution in [3.63, 3.8) is 0 Å². The van der Waals surface area contributed by atoms with Crippen molar-refractivity contribution < 1.29 is 17.6 Å². The van der Waals surface area contributed by atoms with Crippen LogP contribution in [-0.2, 0) is 20.6 Å². The number of rotatable bonds is 10. The van der Waals surface area contributed by atoms with Gasteiger partial charge < -0.3 is 5.32 Å². The van der Waals surface area contributed by atoms with Gasteiger partial charge in [-0.3, -0.25) is 9.10 Å². The van der Waals surface area contributed by atoms with Gasteiger partial charge in [-0.2, -0.15) is 11.8 Å². The summed E-state index contributed by atoms with van der Waals surface area (Å²) in [4.78, 5) is 12.6. The van der Waals surface area contributed by atoms with Crippen LogP contribution in [0.1, 0.15) is 5.56 Å². The molecule has 5 nitrogen and oxygen atoms in total. The third-order valence-corrected chi connectivity index (χ3v) is 7.51. The van der Waals surface area contributed by atoms with Crippen LogP contribution in [0.5, 0.6) is 0 Å². The molecule has 32 heavy (non-hydrogen) atoms. The van der Waals surface area contributed by atoms with Crippen LogP contribution in [0.3, 0.4) is 0 Å². The van der Waals surface area contributed by atoms with Gasteiger partial charge in [-0.05, 0) is 54.1 Å². The third-order valence-electron chi connectivity index (χ3n) is 4.46. The molecular formula is C23H22ClFN2O3S2. The van der Waals surface area contributed by atoms with Crippen molar-refractivity contribution in [3.05, 3.63) is 95.3 Å². The summed E-state index contributed by atoms with van der Waals surface area (Å²) in [6.07, 6.45) is 0. The van der Waals surface area contributed by atoms with E-state index in [9.17, 15) is 17.6 Å². The van der Waals surface area contributed by atoms with Crippen molar-refractivity contribution >= 4 is 45.0 Å². The van der Waals surface area contributed by atoms with Crippen LogP contribution in [-0.4, -0.2) is 33.2 Å². The summed E-state index contributed by atoms with van der Waals surface area (Å²) in [6.45, 7) is -0.0332. The van der Waals surface area contributed by atoms with Gasteiger partial charge >= 0.3 is 0 Å². The predicted octanol–water partition coefficient (Wildman–Crippen LogP) is 4.72. The van der Waals surface area contributed by atoms with Crippen LogP contribution < -0.4 is 9.62 Å². The minimum atomic E-state index is -4.01. The minimum Gasteiger partial charge on any atom is -0.354 e. The number of thioether (sulfide) groups is 1. The van der Waals surface area contributed by atoms with Crippen LogP contribution >= 0.6 is 23.4 Å². The highest BCUT2D eigenvalue weighted by Gasteiger charge is 2.27. The van der Waals surface area contributed by atoms with Crippen LogP contribution in [0.4, 0.5) is 10.1 Å². The Morgan fingerprint density at radius 2 is 1.72 bits per heavy atom. The maximum atomic E-state index is 13.4. The Morgan fingerprint density at radius 1 is 1.00 bits per heavy atom. The van der Waals surface area contributed by atoms with Crippen molar-refractivity contribution in [2.75, 3.05) is 23.1 Å². The van der Waals surface area contributed by atoms with Gasteiger partial charge in [0.2, 0.25) is 5.91 Å². The second-order valence-electron chi connectivity index (χ2n) is 6.83. The summed E-state index contributed by atoms with van der Waals surface area (Å²) < 4.78 is 40.6. The molecule has 0 heterocycles. The second-order valence-corrected chi connectivity index (χ2v) is 10.2. The molecule has 0 fully saturated rings. The zero-order valence-electron chi connectivity index (χ0n) is 17.1. The first-order valence-corrected chi connectivity index (χ1v) is 12.8. The van der Waals surface area contributed by atoms with Crippen LogP contribution in [0.15, 0.2) is 83.8 Å². The van der Waals surface area contributed by atoms with Crippen molar-refractivity contribution in [2.24, 2.45) is 0 Å². The number of carbonyl (C=O) groups is 1. The zero-order chi connectivity index (χ0) is 23.0. The summed E-state index contributed by atoms with van der Waals surface area (Å²) in [5, 5.41) is 3.43. The van der Waals surface area contributed by atoms with Gasteiger partial charge in [-0.25, -0.2) is 12.8 Å². The van der Waals surface area contributed by atoms with E-state index < -0.39 is 28.3 Å². The molecule has 9 heteroatoms. The molecule has 0 aliphatic heterocycles. The lowest BCUT2D eigenvalue weighted by molar-refractivity contribution is -0.119. The molecular weight excluding hydrogens is 471 g/mol. The minimum absolute atomic E-state index is 0.0502. The van der Waals surface area contributed by atoms with E-state index >= 15 is 0 Å². The average Bonchev–Trinajstić information content (AvgIpc) is 2.78. The molecule has 0 saturated heterocycles. The molecule has 3 rings (SSSR count). The normalized spacial score (nSPS) is 11.2. The highest BCUT2D eigenvalue weighted by molar-refractivity contribution is 7.98. The topological polar surface area (TPSA) is 66.5 Å². The Hall–Kier alpha value is -2.55. The molecule has 3 aromatic carbocycles. The smallest absolute Gasteiger partial charge is 0.264 e. The summed E-state index contributed by atoms with van der Waals surface area (Å²) in [7, 11) is -4.01. The lowest BCUT2D eigenvalue weighted by Crippen LogP contribution is -2.41. The van der Waals surface area contributed by atoms with E-state index in [0.717, 1.165) is 27.8 Å². The lowest BCUT2D eigenvalue weighted by atomic mass is 10.2. The SMILES string of the molecule is O=C(CN(c1ccc(F)cc1)S(=O)(=O)c1ccccc1)NCCSCc1cccc(Cl)c1. The van der Waals surface area contributed by atoms with Gasteiger partial charge in [-0.1, -0.05) is 41.9 Å². The molecule has 0 spiro atoms. The van der Waals surface area contributed by atoms with Crippen LogP contribution in [0, 0.1) is 5.82 Å². The van der Waals surface area contributed by atoms with Crippen molar-refractivity contribution in [2.45, 2.75) is 10.6 Å². The van der Waals surface area contributed by atoms with E-state index in [1.54, 1.807) is 30.0 Å². The molecule has 0 atom stereocenters. The first-order valence-electron chi connectivity index (χ1n) is 9.78. The summed E-state index contributed by atoms with van der Waals surface area (Å²) in [5.41, 5.74) is 1.30. The number of hydrogen-bond donors (Lipinski definition) is 1. The highest BCUT2D eigenvalue weighted by Crippen LogP contribution is 2.23. The third kappa shape index (κ3) is 6.72. The summed E-state index contributed by atoms with van der Waals surface area (Å²) in [6, 6.07) is 20.4. The Balaban J connectivity index is 1.61. The molecule has 0 unspecified atom stereocenters. The standard InChI is InChI=1S/C23H22ClFN2O3S2/c24-19-6-4-5-18(15-19)17-31-14-13-26-23(28)16-27(21-11-9-20(25)10-12-21)32(29,30)22-7-2-1-3-8-22/h1-12,15H,13-14,16-17H2,(H,26,28). The van der Waals surface area contributed by atoms with E-state index in [0.29, 0.717) is 17.3 Å². The Bertz CT molecular complexity index is 1140. The average molecular weight is 493 g/mol. The van der Waals surface area contributed by atoms with Crippen LogP contribution in [0.2, 0.25) is 5.02 Å². The van der Waals surface area contributed by atoms with Crippen molar-refractivity contribution in [3.8, 4) is 0 Å². The van der Waals surface area contributed by atoms with Gasteiger partial charge in [0.15, 0.2) is 0 Å². The van der Waals surface area contributed by atoms with Gasteiger partial charge in [0.1, 0.15) is 12.4 Å². The van der Waals surface area contributed by atoms with Gasteiger partial charge in [0.05, 0.1) is 10.6 Å². The highest BCUT2D eigenvalue weighted by atomic mass is 35.5. The molecule has 0 radical (unpaired) electrons. The molecule has 0 aliphatic rings. The number of sulfonamides is 1. The summed E-state index contributed by atoms with van der Waals surface area (Å²) in [5.74, 6) is 0.463. The summed E-state index contributed by atoms with van der Waals surface area (Å²) >= 11 is 7.60. The first-order chi connectivity index (χ1) is 15.4. The molecule has 0 aromatic heterocycles. The van der Waals surface area contributed by atoms with Crippen molar-refractivity contribution in [1.29, 1.82) is 0 Å². The van der Waals surface area contributed by atoms with Gasteiger partial charge in [-0.15, -0.1) is 0 Å². The maximum Gasteiger partial charge on any atom is 0.264 e. The number of halogens is 2. The number of nitrogens with one attached hydrogen (secondary N) is 1. The molecule has 0 aliphatic carbocycles. The predicted molar refractivity (Wildman–Crippen MR) is 128 cm³/mol. The van der Waals surface area contributed by atoms with Crippen molar-refractivity contribution in [1.82, 2.24) is 5.32 Å². The van der Waals surface area contributed by atoms with E-state index in [2.05, 4.69) is 5.32 Å². The van der Waals surface area contributed by atoms with E-state index in [1.807, 2.05) is 24.3 Å². The number of carbonyl (C=O) groups excluding carboxylic acids is 1. The fourth-order valence-corrected chi connectivity index (χ4v) is 5.37. The molecule has 1 amide bonds. The second kappa shape index (κ2) is 11.4. The Morgan fingerprint density at radius 3 is 2.41 bits per heavy atom. The molecule has 0 saturated carbocycles. The van der Waals surface area contributed by atoms with Crippen LogP contribution in [0.25, 0.3) is 0 Å². The largest absolute Gasteiger partial charge is 0.354 e. The van der Waals surface area contributed by atoms with Gasteiger partial charge in [0, 0.05) is 23.1 Å².